The Morgan fingerprint density at radius 1 is 1.32 bits per heavy atom. The van der Waals surface area contributed by atoms with E-state index in [1.807, 2.05) is 32.3 Å². The van der Waals surface area contributed by atoms with Crippen molar-refractivity contribution < 1.29 is 4.79 Å². The van der Waals surface area contributed by atoms with Crippen molar-refractivity contribution in [1.29, 1.82) is 0 Å². The Hall–Kier alpha value is -1.45. The normalized spacial score (nSPS) is 12.2. The molecule has 1 heterocycles. The maximum absolute atomic E-state index is 12.1. The zero-order valence-corrected chi connectivity index (χ0v) is 12.2. The van der Waals surface area contributed by atoms with E-state index in [1.54, 1.807) is 22.8 Å². The molecule has 0 radical (unpaired) electrons. The first-order valence-corrected chi connectivity index (χ1v) is 6.62. The summed E-state index contributed by atoms with van der Waals surface area (Å²) in [7, 11) is 1.83. The minimum Gasteiger partial charge on any atom is -0.347 e. The largest absolute Gasteiger partial charge is 0.347 e. The first-order valence-electron chi connectivity index (χ1n) is 5.86. The van der Waals surface area contributed by atoms with Crippen molar-refractivity contribution in [2.75, 3.05) is 0 Å². The topological polar surface area (TPSA) is 34.0 Å². The standard InChI is InChI=1S/C14H14Cl2N2O/c1-9(11-6-5-10(15)8-12(11)16)17-14(19)13-4-3-7-18(13)2/h3-9H,1-2H3,(H,17,19). The summed E-state index contributed by atoms with van der Waals surface area (Å²) in [5.41, 5.74) is 1.45. The number of rotatable bonds is 3. The molecule has 3 nitrogen and oxygen atoms in total. The summed E-state index contributed by atoms with van der Waals surface area (Å²) in [4.78, 5) is 12.1. The molecule has 0 fully saturated rings. The highest BCUT2D eigenvalue weighted by molar-refractivity contribution is 6.35. The van der Waals surface area contributed by atoms with Crippen molar-refractivity contribution >= 4 is 29.1 Å². The van der Waals surface area contributed by atoms with Crippen LogP contribution >= 0.6 is 23.2 Å². The number of nitrogens with one attached hydrogen (secondary N) is 1. The minimum atomic E-state index is -0.188. The van der Waals surface area contributed by atoms with E-state index in [1.165, 1.54) is 0 Å². The number of benzene rings is 1. The van der Waals surface area contributed by atoms with Gasteiger partial charge in [0.2, 0.25) is 0 Å². The van der Waals surface area contributed by atoms with Gasteiger partial charge >= 0.3 is 0 Å². The molecule has 0 saturated carbocycles. The zero-order valence-electron chi connectivity index (χ0n) is 10.7. The molecule has 19 heavy (non-hydrogen) atoms. The van der Waals surface area contributed by atoms with Gasteiger partial charge in [-0.15, -0.1) is 0 Å². The van der Waals surface area contributed by atoms with E-state index in [-0.39, 0.29) is 11.9 Å². The maximum atomic E-state index is 12.1. The number of nitrogens with zero attached hydrogens (tertiary/aromatic N) is 1. The van der Waals surface area contributed by atoms with Crippen molar-refractivity contribution in [3.05, 3.63) is 57.8 Å². The summed E-state index contributed by atoms with van der Waals surface area (Å²) in [6.07, 6.45) is 1.83. The third-order valence-corrected chi connectivity index (χ3v) is 3.52. The van der Waals surface area contributed by atoms with Crippen LogP contribution in [0.5, 0.6) is 0 Å². The fourth-order valence-corrected chi connectivity index (χ4v) is 2.47. The summed E-state index contributed by atoms with van der Waals surface area (Å²) in [6, 6.07) is 8.66. The molecule has 1 aromatic heterocycles. The first-order chi connectivity index (χ1) is 8.99. The van der Waals surface area contributed by atoms with E-state index in [2.05, 4.69) is 5.32 Å². The minimum absolute atomic E-state index is 0.133. The highest BCUT2D eigenvalue weighted by Gasteiger charge is 2.15. The van der Waals surface area contributed by atoms with Crippen LogP contribution < -0.4 is 5.32 Å². The lowest BCUT2D eigenvalue weighted by atomic mass is 10.1. The highest BCUT2D eigenvalue weighted by Crippen LogP contribution is 2.26. The van der Waals surface area contributed by atoms with Gasteiger partial charge in [-0.25, -0.2) is 0 Å². The van der Waals surface area contributed by atoms with E-state index >= 15 is 0 Å². The molecule has 1 atom stereocenters. The maximum Gasteiger partial charge on any atom is 0.268 e. The molecule has 0 aliphatic rings. The monoisotopic (exact) mass is 296 g/mol. The Morgan fingerprint density at radius 3 is 2.63 bits per heavy atom. The molecule has 1 amide bonds. The Balaban J connectivity index is 2.15. The van der Waals surface area contributed by atoms with Gasteiger partial charge in [0.15, 0.2) is 0 Å². The number of carbonyl (C=O) groups is 1. The van der Waals surface area contributed by atoms with Crippen LogP contribution in [0.4, 0.5) is 0 Å². The molecular weight excluding hydrogens is 283 g/mol. The van der Waals surface area contributed by atoms with Gasteiger partial charge in [0, 0.05) is 23.3 Å². The predicted molar refractivity (Wildman–Crippen MR) is 77.8 cm³/mol. The average Bonchev–Trinajstić information content (AvgIpc) is 2.75. The van der Waals surface area contributed by atoms with E-state index in [0.29, 0.717) is 15.7 Å². The van der Waals surface area contributed by atoms with Crippen LogP contribution in [-0.4, -0.2) is 10.5 Å². The fourth-order valence-electron chi connectivity index (χ4n) is 1.90. The lowest BCUT2D eigenvalue weighted by molar-refractivity contribution is 0.0931. The van der Waals surface area contributed by atoms with Gasteiger partial charge in [0.25, 0.3) is 5.91 Å². The Morgan fingerprint density at radius 2 is 2.05 bits per heavy atom. The Kier molecular flexibility index (Phi) is 4.17. The summed E-state index contributed by atoms with van der Waals surface area (Å²) in [6.45, 7) is 1.88. The van der Waals surface area contributed by atoms with Gasteiger partial charge in [-0.05, 0) is 36.8 Å². The summed E-state index contributed by atoms with van der Waals surface area (Å²) in [5, 5.41) is 4.04. The number of aromatic nitrogens is 1. The van der Waals surface area contributed by atoms with E-state index < -0.39 is 0 Å². The molecule has 2 rings (SSSR count). The molecule has 1 N–H and O–H groups in total. The SMILES string of the molecule is CC(NC(=O)c1cccn1C)c1ccc(Cl)cc1Cl. The van der Waals surface area contributed by atoms with Crippen LogP contribution in [0.3, 0.4) is 0 Å². The van der Waals surface area contributed by atoms with Gasteiger partial charge in [0.1, 0.15) is 5.69 Å². The van der Waals surface area contributed by atoms with Gasteiger partial charge in [-0.1, -0.05) is 29.3 Å². The first kappa shape index (κ1) is 14.0. The molecule has 0 aliphatic heterocycles. The van der Waals surface area contributed by atoms with Gasteiger partial charge in [0.05, 0.1) is 6.04 Å². The second kappa shape index (κ2) is 5.68. The Labute approximate surface area is 122 Å². The van der Waals surface area contributed by atoms with Gasteiger partial charge < -0.3 is 9.88 Å². The lowest BCUT2D eigenvalue weighted by Crippen LogP contribution is -2.28. The number of carbonyl (C=O) groups excluding carboxylic acids is 1. The van der Waals surface area contributed by atoms with Crippen LogP contribution in [0.1, 0.15) is 29.0 Å². The van der Waals surface area contributed by atoms with Crippen molar-refractivity contribution in [2.45, 2.75) is 13.0 Å². The molecule has 5 heteroatoms. The van der Waals surface area contributed by atoms with E-state index in [4.69, 9.17) is 23.2 Å². The van der Waals surface area contributed by atoms with Crippen molar-refractivity contribution in [3.63, 3.8) is 0 Å². The van der Waals surface area contributed by atoms with Crippen LogP contribution in [-0.2, 0) is 7.05 Å². The number of hydrogen-bond acceptors (Lipinski definition) is 1. The van der Waals surface area contributed by atoms with Crippen LogP contribution in [0.15, 0.2) is 36.5 Å². The highest BCUT2D eigenvalue weighted by atomic mass is 35.5. The smallest absolute Gasteiger partial charge is 0.268 e. The van der Waals surface area contributed by atoms with Gasteiger partial charge in [-0.2, -0.15) is 0 Å². The zero-order chi connectivity index (χ0) is 14.0. The number of aryl methyl sites for hydroxylation is 1. The number of hydrogen-bond donors (Lipinski definition) is 1. The predicted octanol–water partition coefficient (Wildman–Crippen LogP) is 3.82. The molecule has 0 aliphatic carbocycles. The van der Waals surface area contributed by atoms with Crippen molar-refractivity contribution in [1.82, 2.24) is 9.88 Å². The second-order valence-corrected chi connectivity index (χ2v) is 5.21. The quantitative estimate of drug-likeness (QED) is 0.918. The van der Waals surface area contributed by atoms with Crippen molar-refractivity contribution in [2.24, 2.45) is 7.05 Å². The molecule has 1 unspecified atom stereocenters. The fraction of sp³-hybridized carbons (Fsp3) is 0.214. The van der Waals surface area contributed by atoms with E-state index in [9.17, 15) is 4.79 Å². The van der Waals surface area contributed by atoms with Crippen LogP contribution in [0, 0.1) is 0 Å². The molecule has 2 aromatic rings. The summed E-state index contributed by atoms with van der Waals surface area (Å²) in [5.74, 6) is -0.133. The molecule has 100 valence electrons. The molecule has 0 spiro atoms. The second-order valence-electron chi connectivity index (χ2n) is 4.37. The van der Waals surface area contributed by atoms with Crippen molar-refractivity contribution in [3.8, 4) is 0 Å². The molecule has 0 saturated heterocycles. The lowest BCUT2D eigenvalue weighted by Gasteiger charge is -2.16. The molecule has 1 aromatic carbocycles. The number of amides is 1. The summed E-state index contributed by atoms with van der Waals surface area (Å²) >= 11 is 12.0. The average molecular weight is 297 g/mol. The van der Waals surface area contributed by atoms with Gasteiger partial charge in [-0.3, -0.25) is 4.79 Å². The van der Waals surface area contributed by atoms with E-state index in [0.717, 1.165) is 5.56 Å². The summed E-state index contributed by atoms with van der Waals surface area (Å²) < 4.78 is 1.77. The molecule has 0 bridgehead atoms. The third-order valence-electron chi connectivity index (χ3n) is 2.95. The third kappa shape index (κ3) is 3.11. The Bertz CT molecular complexity index is 607. The van der Waals surface area contributed by atoms with Crippen LogP contribution in [0.2, 0.25) is 10.0 Å². The van der Waals surface area contributed by atoms with Crippen LogP contribution in [0.25, 0.3) is 0 Å². The molecular formula is C14H14Cl2N2O. The number of halogens is 2.